The molecule has 0 aromatic rings. The van der Waals surface area contributed by atoms with Crippen LogP contribution in [0.4, 0.5) is 0 Å². The van der Waals surface area contributed by atoms with Gasteiger partial charge in [-0.05, 0) is 32.2 Å². The average Bonchev–Trinajstić information content (AvgIpc) is 2.64. The first kappa shape index (κ1) is 27.3. The Morgan fingerprint density at radius 1 is 0.867 bits per heavy atom. The fourth-order valence-corrected chi connectivity index (χ4v) is 2.48. The zero-order chi connectivity index (χ0) is 23.4. The van der Waals surface area contributed by atoms with E-state index in [0.717, 1.165) is 6.42 Å². The summed E-state index contributed by atoms with van der Waals surface area (Å²) >= 11 is 0. The summed E-state index contributed by atoms with van der Waals surface area (Å²) in [5.74, 6) is -5.38. The molecule has 0 saturated carbocycles. The van der Waals surface area contributed by atoms with Crippen LogP contribution in [0.25, 0.3) is 0 Å². The number of carbonyl (C=O) groups excluding carboxylic acids is 3. The van der Waals surface area contributed by atoms with Gasteiger partial charge < -0.3 is 37.6 Å². The van der Waals surface area contributed by atoms with Crippen molar-refractivity contribution in [3.63, 3.8) is 0 Å². The number of carboxylic acid groups (broad SMARTS) is 2. The molecule has 0 saturated heterocycles. The van der Waals surface area contributed by atoms with Crippen LogP contribution in [-0.2, 0) is 24.0 Å². The van der Waals surface area contributed by atoms with Gasteiger partial charge in [0.1, 0.15) is 18.1 Å². The minimum Gasteiger partial charge on any atom is -0.481 e. The summed E-state index contributed by atoms with van der Waals surface area (Å²) in [6.07, 6.45) is 0.993. The number of carbonyl (C=O) groups is 5. The predicted molar refractivity (Wildman–Crippen MR) is 107 cm³/mol. The van der Waals surface area contributed by atoms with E-state index in [0.29, 0.717) is 19.4 Å². The largest absolute Gasteiger partial charge is 0.481 e. The van der Waals surface area contributed by atoms with Crippen LogP contribution in [0.2, 0.25) is 0 Å². The van der Waals surface area contributed by atoms with E-state index in [4.69, 9.17) is 21.7 Å². The van der Waals surface area contributed by atoms with Gasteiger partial charge in [0, 0.05) is 0 Å². The fraction of sp³-hybridized carbons (Fsp3) is 0.722. The Balaban J connectivity index is 4.93. The van der Waals surface area contributed by atoms with Gasteiger partial charge in [0.2, 0.25) is 17.7 Å². The third kappa shape index (κ3) is 10.2. The molecule has 0 aromatic carbocycles. The highest BCUT2D eigenvalue weighted by Gasteiger charge is 2.31. The maximum Gasteiger partial charge on any atom is 0.326 e. The van der Waals surface area contributed by atoms with Crippen molar-refractivity contribution in [2.75, 3.05) is 6.54 Å². The lowest BCUT2D eigenvalue weighted by molar-refractivity contribution is -0.147. The minimum absolute atomic E-state index is 0.411. The maximum absolute atomic E-state index is 12.4. The molecule has 12 nitrogen and oxygen atoms in total. The topological polar surface area (TPSA) is 214 Å². The van der Waals surface area contributed by atoms with Crippen LogP contribution in [0.3, 0.4) is 0 Å². The van der Waals surface area contributed by atoms with E-state index in [1.807, 2.05) is 0 Å². The number of hydrogen-bond acceptors (Lipinski definition) is 7. The Morgan fingerprint density at radius 3 is 1.93 bits per heavy atom. The molecule has 0 fully saturated rings. The summed E-state index contributed by atoms with van der Waals surface area (Å²) in [6, 6.07) is -4.58. The van der Waals surface area contributed by atoms with E-state index in [1.165, 1.54) is 6.92 Å². The maximum atomic E-state index is 12.4. The van der Waals surface area contributed by atoms with Crippen molar-refractivity contribution in [3.05, 3.63) is 0 Å². The Labute approximate surface area is 175 Å². The number of hydrogen-bond donors (Lipinski definition) is 7. The lowest BCUT2D eigenvalue weighted by Gasteiger charge is -2.25. The molecular formula is C18H33N5O7. The molecule has 0 bridgehead atoms. The fourth-order valence-electron chi connectivity index (χ4n) is 2.48. The zero-order valence-electron chi connectivity index (χ0n) is 17.5. The van der Waals surface area contributed by atoms with Crippen molar-refractivity contribution in [1.82, 2.24) is 16.0 Å². The van der Waals surface area contributed by atoms with E-state index < -0.39 is 66.2 Å². The normalized spacial score (nSPS) is 14.9. The number of unbranched alkanes of at least 4 members (excludes halogenated alkanes) is 1. The highest BCUT2D eigenvalue weighted by molar-refractivity contribution is 5.94. The third-order valence-corrected chi connectivity index (χ3v) is 4.30. The molecule has 0 aromatic heterocycles. The number of aliphatic carboxylic acids is 2. The van der Waals surface area contributed by atoms with Crippen molar-refractivity contribution in [2.24, 2.45) is 17.4 Å². The van der Waals surface area contributed by atoms with Crippen LogP contribution < -0.4 is 27.4 Å². The van der Waals surface area contributed by atoms with Crippen LogP contribution >= 0.6 is 0 Å². The molecule has 9 N–H and O–H groups in total. The minimum atomic E-state index is -1.64. The van der Waals surface area contributed by atoms with Crippen molar-refractivity contribution in [3.8, 4) is 0 Å². The lowest BCUT2D eigenvalue weighted by atomic mass is 10.0. The second-order valence-electron chi connectivity index (χ2n) is 7.35. The van der Waals surface area contributed by atoms with E-state index >= 15 is 0 Å². The Kier molecular flexibility index (Phi) is 12.3. The van der Waals surface area contributed by atoms with Crippen LogP contribution in [0.15, 0.2) is 0 Å². The summed E-state index contributed by atoms with van der Waals surface area (Å²) in [5.41, 5.74) is 11.2. The molecule has 30 heavy (non-hydrogen) atoms. The molecule has 0 heterocycles. The van der Waals surface area contributed by atoms with Crippen molar-refractivity contribution in [1.29, 1.82) is 0 Å². The molecule has 0 aliphatic carbocycles. The number of amides is 3. The molecule has 3 amide bonds. The first-order chi connectivity index (χ1) is 13.9. The van der Waals surface area contributed by atoms with Crippen molar-refractivity contribution >= 4 is 29.7 Å². The molecule has 172 valence electrons. The number of carboxylic acids is 2. The molecule has 0 unspecified atom stereocenters. The van der Waals surface area contributed by atoms with Crippen LogP contribution in [-0.4, -0.2) is 70.6 Å². The van der Waals surface area contributed by atoms with E-state index in [9.17, 15) is 24.0 Å². The molecule has 0 radical (unpaired) electrons. The van der Waals surface area contributed by atoms with Gasteiger partial charge in [0.05, 0.1) is 12.5 Å². The summed E-state index contributed by atoms with van der Waals surface area (Å²) in [4.78, 5) is 58.8. The molecule has 4 atom stereocenters. The molecule has 0 spiro atoms. The van der Waals surface area contributed by atoms with E-state index in [1.54, 1.807) is 13.8 Å². The van der Waals surface area contributed by atoms with Gasteiger partial charge in [-0.3, -0.25) is 19.2 Å². The van der Waals surface area contributed by atoms with Crippen LogP contribution in [0.1, 0.15) is 46.5 Å². The van der Waals surface area contributed by atoms with Gasteiger partial charge >= 0.3 is 11.9 Å². The van der Waals surface area contributed by atoms with Gasteiger partial charge in [-0.25, -0.2) is 4.79 Å². The SMILES string of the molecule is CC(C)[C@H](NC(=O)[C@@H](C)NC(=O)[C@@H](N)CCCCN)C(=O)N[C@@H](CC(=O)O)C(=O)O. The predicted octanol–water partition coefficient (Wildman–Crippen LogP) is -1.87. The second-order valence-corrected chi connectivity index (χ2v) is 7.35. The van der Waals surface area contributed by atoms with Crippen LogP contribution in [0.5, 0.6) is 0 Å². The molecule has 0 aliphatic rings. The van der Waals surface area contributed by atoms with Crippen molar-refractivity contribution in [2.45, 2.75) is 70.6 Å². The standard InChI is InChI=1S/C18H33N5O7/c1-9(2)14(17(28)22-12(18(29)30)8-13(24)25)23-15(26)10(3)21-16(27)11(20)6-4-5-7-19/h9-12,14H,4-8,19-20H2,1-3H3,(H,21,27)(H,22,28)(H,23,26)(H,24,25)(H,29,30)/t10-,11+,12+,14+/m1/s1. The summed E-state index contributed by atoms with van der Waals surface area (Å²) in [7, 11) is 0. The first-order valence-electron chi connectivity index (χ1n) is 9.72. The molecule has 12 heteroatoms. The number of nitrogens with two attached hydrogens (primary N) is 2. The summed E-state index contributed by atoms with van der Waals surface area (Å²) in [5, 5.41) is 24.8. The monoisotopic (exact) mass is 431 g/mol. The highest BCUT2D eigenvalue weighted by atomic mass is 16.4. The Bertz CT molecular complexity index is 626. The Hall–Kier alpha value is -2.73. The van der Waals surface area contributed by atoms with E-state index in [-0.39, 0.29) is 0 Å². The highest BCUT2D eigenvalue weighted by Crippen LogP contribution is 2.05. The smallest absolute Gasteiger partial charge is 0.326 e. The number of nitrogens with one attached hydrogen (secondary N) is 3. The second kappa shape index (κ2) is 13.5. The third-order valence-electron chi connectivity index (χ3n) is 4.30. The summed E-state index contributed by atoms with van der Waals surface area (Å²) < 4.78 is 0. The van der Waals surface area contributed by atoms with Gasteiger partial charge in [-0.2, -0.15) is 0 Å². The van der Waals surface area contributed by atoms with E-state index in [2.05, 4.69) is 16.0 Å². The lowest BCUT2D eigenvalue weighted by Crippen LogP contribution is -2.58. The van der Waals surface area contributed by atoms with Crippen molar-refractivity contribution < 1.29 is 34.2 Å². The van der Waals surface area contributed by atoms with Crippen LogP contribution in [0, 0.1) is 5.92 Å². The number of rotatable bonds is 14. The van der Waals surface area contributed by atoms with Gasteiger partial charge in [0.25, 0.3) is 0 Å². The molecular weight excluding hydrogens is 398 g/mol. The first-order valence-corrected chi connectivity index (χ1v) is 9.72. The zero-order valence-corrected chi connectivity index (χ0v) is 17.5. The molecule has 0 aliphatic heterocycles. The van der Waals surface area contributed by atoms with Gasteiger partial charge in [-0.1, -0.05) is 20.3 Å². The van der Waals surface area contributed by atoms with Gasteiger partial charge in [-0.15, -0.1) is 0 Å². The average molecular weight is 431 g/mol. The summed E-state index contributed by atoms with van der Waals surface area (Å²) in [6.45, 7) is 5.14. The van der Waals surface area contributed by atoms with Gasteiger partial charge in [0.15, 0.2) is 0 Å². The molecule has 0 rings (SSSR count). The Morgan fingerprint density at radius 2 is 1.47 bits per heavy atom. The quantitative estimate of drug-likeness (QED) is 0.153.